The first-order chi connectivity index (χ1) is 21.2. The third-order valence-corrected chi connectivity index (χ3v) is 8.18. The molecule has 8 rings (SSSR count). The molecule has 2 heterocycles. The molecule has 0 saturated heterocycles. The fourth-order valence-corrected chi connectivity index (χ4v) is 6.13. The van der Waals surface area contributed by atoms with Crippen molar-refractivity contribution in [3.63, 3.8) is 0 Å². The van der Waals surface area contributed by atoms with Crippen molar-refractivity contribution in [2.24, 2.45) is 0 Å². The second kappa shape index (κ2) is 10.3. The zero-order valence-corrected chi connectivity index (χ0v) is 23.4. The highest BCUT2D eigenvalue weighted by Crippen LogP contribution is 2.37. The Bertz CT molecular complexity index is 2210. The van der Waals surface area contributed by atoms with E-state index in [1.165, 1.54) is 23.1 Å². The molecule has 0 radical (unpaired) electrons. The topological polar surface area (TPSA) is 9.86 Å². The van der Waals surface area contributed by atoms with E-state index in [0.29, 0.717) is 0 Å². The van der Waals surface area contributed by atoms with Crippen LogP contribution in [0.2, 0.25) is 0 Å². The van der Waals surface area contributed by atoms with E-state index in [9.17, 15) is 4.39 Å². The summed E-state index contributed by atoms with van der Waals surface area (Å²) >= 11 is 0. The molecule has 0 aliphatic carbocycles. The van der Waals surface area contributed by atoms with Crippen LogP contribution in [-0.2, 0) is 0 Å². The normalized spacial score (nSPS) is 11.4. The predicted octanol–water partition coefficient (Wildman–Crippen LogP) is 10.7. The lowest BCUT2D eigenvalue weighted by Crippen LogP contribution is -1.97. The fourth-order valence-electron chi connectivity index (χ4n) is 6.13. The standard InChI is InChI=1S/C40H27FN2/c41-34-22-20-29(21-23-34)38-27-33-19-17-31(25-40(33)43(38)36-14-8-3-9-15-36)30-16-18-32-26-37(28-10-4-1-5-11-28)42(39(32)24-30)35-12-6-2-7-13-35/h1-27H. The van der Waals surface area contributed by atoms with Crippen LogP contribution in [0.1, 0.15) is 0 Å². The number of nitrogens with zero attached hydrogens (tertiary/aromatic N) is 2. The molecular weight excluding hydrogens is 527 g/mol. The number of para-hydroxylation sites is 2. The van der Waals surface area contributed by atoms with Crippen molar-refractivity contribution in [3.05, 3.63) is 170 Å². The highest BCUT2D eigenvalue weighted by atomic mass is 19.1. The molecule has 0 bridgehead atoms. The number of benzene rings is 6. The molecule has 6 aromatic carbocycles. The van der Waals surface area contributed by atoms with Gasteiger partial charge in [0.25, 0.3) is 0 Å². The summed E-state index contributed by atoms with van der Waals surface area (Å²) in [5.41, 5.74) is 11.1. The number of rotatable bonds is 5. The minimum absolute atomic E-state index is 0.237. The molecule has 0 fully saturated rings. The monoisotopic (exact) mass is 554 g/mol. The molecule has 2 aromatic heterocycles. The van der Waals surface area contributed by atoms with Gasteiger partial charge in [0.2, 0.25) is 0 Å². The number of hydrogen-bond donors (Lipinski definition) is 0. The van der Waals surface area contributed by atoms with Crippen molar-refractivity contribution in [2.45, 2.75) is 0 Å². The molecule has 0 atom stereocenters. The summed E-state index contributed by atoms with van der Waals surface area (Å²) in [4.78, 5) is 0. The predicted molar refractivity (Wildman–Crippen MR) is 176 cm³/mol. The van der Waals surface area contributed by atoms with Crippen LogP contribution in [0, 0.1) is 5.82 Å². The third-order valence-electron chi connectivity index (χ3n) is 8.18. The minimum Gasteiger partial charge on any atom is -0.309 e. The molecule has 0 spiro atoms. The van der Waals surface area contributed by atoms with Crippen LogP contribution in [0.5, 0.6) is 0 Å². The lowest BCUT2D eigenvalue weighted by molar-refractivity contribution is 0.628. The van der Waals surface area contributed by atoms with Crippen molar-refractivity contribution in [1.82, 2.24) is 9.13 Å². The van der Waals surface area contributed by atoms with Crippen LogP contribution in [0.4, 0.5) is 4.39 Å². The van der Waals surface area contributed by atoms with Gasteiger partial charge in [-0.05, 0) is 95.1 Å². The van der Waals surface area contributed by atoms with Gasteiger partial charge < -0.3 is 9.13 Å². The van der Waals surface area contributed by atoms with Crippen molar-refractivity contribution >= 4 is 21.8 Å². The molecule has 0 N–H and O–H groups in total. The van der Waals surface area contributed by atoms with E-state index in [4.69, 9.17) is 0 Å². The maximum atomic E-state index is 13.8. The summed E-state index contributed by atoms with van der Waals surface area (Å²) in [7, 11) is 0. The molecule has 3 heteroatoms. The van der Waals surface area contributed by atoms with Crippen molar-refractivity contribution in [1.29, 1.82) is 0 Å². The summed E-state index contributed by atoms with van der Waals surface area (Å²) in [6, 6.07) is 56.1. The lowest BCUT2D eigenvalue weighted by Gasteiger charge is -2.13. The van der Waals surface area contributed by atoms with E-state index in [2.05, 4.69) is 143 Å². The van der Waals surface area contributed by atoms with Gasteiger partial charge in [-0.25, -0.2) is 4.39 Å². The number of fused-ring (bicyclic) bond motifs is 2. The summed E-state index contributed by atoms with van der Waals surface area (Å²) in [5.74, 6) is -0.237. The Morgan fingerprint density at radius 2 is 0.744 bits per heavy atom. The fraction of sp³-hybridized carbons (Fsp3) is 0. The molecule has 0 saturated carbocycles. The van der Waals surface area contributed by atoms with Crippen LogP contribution in [-0.4, -0.2) is 9.13 Å². The Balaban J connectivity index is 1.33. The van der Waals surface area contributed by atoms with Crippen LogP contribution in [0.3, 0.4) is 0 Å². The third kappa shape index (κ3) is 4.43. The van der Waals surface area contributed by atoms with Crippen molar-refractivity contribution < 1.29 is 4.39 Å². The first-order valence-electron chi connectivity index (χ1n) is 14.5. The van der Waals surface area contributed by atoms with E-state index in [1.807, 2.05) is 18.2 Å². The molecule has 0 aliphatic rings. The van der Waals surface area contributed by atoms with E-state index < -0.39 is 0 Å². The highest BCUT2D eigenvalue weighted by molar-refractivity contribution is 5.95. The van der Waals surface area contributed by atoms with Gasteiger partial charge in [-0.2, -0.15) is 0 Å². The zero-order valence-electron chi connectivity index (χ0n) is 23.4. The second-order valence-electron chi connectivity index (χ2n) is 10.8. The van der Waals surface area contributed by atoms with Gasteiger partial charge in [0.15, 0.2) is 0 Å². The van der Waals surface area contributed by atoms with Gasteiger partial charge in [0, 0.05) is 22.1 Å². The van der Waals surface area contributed by atoms with Gasteiger partial charge in [0.05, 0.1) is 22.4 Å². The Hall–Kier alpha value is -5.67. The molecule has 2 nitrogen and oxygen atoms in total. The summed E-state index contributed by atoms with van der Waals surface area (Å²) in [6.45, 7) is 0. The Kier molecular flexibility index (Phi) is 6.01. The van der Waals surface area contributed by atoms with Gasteiger partial charge in [-0.3, -0.25) is 0 Å². The first-order valence-corrected chi connectivity index (χ1v) is 14.5. The van der Waals surface area contributed by atoms with E-state index in [1.54, 1.807) is 0 Å². The van der Waals surface area contributed by atoms with E-state index in [-0.39, 0.29) is 5.82 Å². The second-order valence-corrected chi connectivity index (χ2v) is 10.8. The quantitative estimate of drug-likeness (QED) is 0.200. The Morgan fingerprint density at radius 1 is 0.349 bits per heavy atom. The van der Waals surface area contributed by atoms with Gasteiger partial charge in [-0.1, -0.05) is 91.0 Å². The lowest BCUT2D eigenvalue weighted by atomic mass is 10.0. The number of halogens is 1. The molecule has 0 aliphatic heterocycles. The zero-order chi connectivity index (χ0) is 28.8. The minimum atomic E-state index is -0.237. The maximum Gasteiger partial charge on any atom is 0.123 e. The van der Waals surface area contributed by atoms with Gasteiger partial charge in [-0.15, -0.1) is 0 Å². The smallest absolute Gasteiger partial charge is 0.123 e. The number of aromatic nitrogens is 2. The van der Waals surface area contributed by atoms with Gasteiger partial charge >= 0.3 is 0 Å². The van der Waals surface area contributed by atoms with Crippen LogP contribution in [0.25, 0.3) is 66.8 Å². The molecule has 43 heavy (non-hydrogen) atoms. The molecular formula is C40H27FN2. The van der Waals surface area contributed by atoms with Crippen molar-refractivity contribution in [2.75, 3.05) is 0 Å². The summed E-state index contributed by atoms with van der Waals surface area (Å²) in [6.07, 6.45) is 0. The summed E-state index contributed by atoms with van der Waals surface area (Å²) < 4.78 is 18.4. The van der Waals surface area contributed by atoms with Crippen molar-refractivity contribution in [3.8, 4) is 45.0 Å². The molecule has 0 unspecified atom stereocenters. The molecule has 204 valence electrons. The van der Waals surface area contributed by atoms with Crippen LogP contribution >= 0.6 is 0 Å². The largest absolute Gasteiger partial charge is 0.309 e. The SMILES string of the molecule is Fc1ccc(-c2cc3ccc(-c4ccc5cc(-c6ccccc6)n(-c6ccccc6)c5c4)cc3n2-c2ccccc2)cc1. The van der Waals surface area contributed by atoms with Crippen LogP contribution in [0.15, 0.2) is 164 Å². The Labute approximate surface area is 249 Å². The van der Waals surface area contributed by atoms with Crippen LogP contribution < -0.4 is 0 Å². The van der Waals surface area contributed by atoms with Gasteiger partial charge in [0.1, 0.15) is 5.82 Å². The summed E-state index contributed by atoms with van der Waals surface area (Å²) in [5, 5.41) is 2.32. The van der Waals surface area contributed by atoms with E-state index >= 15 is 0 Å². The maximum absolute atomic E-state index is 13.8. The Morgan fingerprint density at radius 3 is 1.21 bits per heavy atom. The molecule has 8 aromatic rings. The first kappa shape index (κ1) is 25.1. The average molecular weight is 555 g/mol. The average Bonchev–Trinajstić information content (AvgIpc) is 3.65. The van der Waals surface area contributed by atoms with E-state index in [0.717, 1.165) is 55.9 Å². The highest BCUT2D eigenvalue weighted by Gasteiger charge is 2.16. The molecule has 0 amide bonds. The number of hydrogen-bond acceptors (Lipinski definition) is 0.